The molecule has 0 aliphatic carbocycles. The van der Waals surface area contributed by atoms with E-state index in [1.807, 2.05) is 6.20 Å². The summed E-state index contributed by atoms with van der Waals surface area (Å²) in [7, 11) is 0. The topological polar surface area (TPSA) is 44.0 Å². The molecule has 1 aromatic heterocycles. The second kappa shape index (κ2) is 6.17. The van der Waals surface area contributed by atoms with E-state index in [1.54, 1.807) is 6.33 Å². The van der Waals surface area contributed by atoms with Gasteiger partial charge in [-0.25, -0.2) is 4.98 Å². The minimum atomic E-state index is 0.667. The average Bonchev–Trinajstić information content (AvgIpc) is 2.96. The van der Waals surface area contributed by atoms with Gasteiger partial charge in [0.05, 0.1) is 6.33 Å². The first-order valence-electron chi connectivity index (χ1n) is 6.69. The maximum absolute atomic E-state index is 4.03. The number of hydrogen-bond donors (Lipinski definition) is 2. The summed E-state index contributed by atoms with van der Waals surface area (Å²) in [5, 5.41) is 3.53. The first-order chi connectivity index (χ1) is 8.27. The van der Waals surface area contributed by atoms with Crippen molar-refractivity contribution in [1.29, 1.82) is 0 Å². The molecule has 4 heteroatoms. The molecule has 1 aliphatic heterocycles. The van der Waals surface area contributed by atoms with Gasteiger partial charge in [-0.15, -0.1) is 0 Å². The number of likely N-dealkylation sites (tertiary alicyclic amines) is 1. The molecule has 2 rings (SSSR count). The number of aromatic amines is 1. The minimum Gasteiger partial charge on any atom is -0.347 e. The summed E-state index contributed by atoms with van der Waals surface area (Å²) in [4.78, 5) is 9.78. The van der Waals surface area contributed by atoms with E-state index in [4.69, 9.17) is 0 Å². The van der Waals surface area contributed by atoms with Gasteiger partial charge in [0.25, 0.3) is 0 Å². The summed E-state index contributed by atoms with van der Waals surface area (Å²) in [6.45, 7) is 9.14. The molecule has 1 unspecified atom stereocenters. The number of H-pyrrole nitrogens is 1. The van der Waals surface area contributed by atoms with Crippen LogP contribution in [-0.2, 0) is 6.54 Å². The van der Waals surface area contributed by atoms with Crippen LogP contribution < -0.4 is 5.32 Å². The highest BCUT2D eigenvalue weighted by atomic mass is 15.2. The Morgan fingerprint density at radius 2 is 2.18 bits per heavy atom. The van der Waals surface area contributed by atoms with E-state index in [-0.39, 0.29) is 0 Å². The number of nitrogens with zero attached hydrogens (tertiary/aromatic N) is 2. The normalized spacial score (nSPS) is 19.0. The predicted molar refractivity (Wildman–Crippen MR) is 69.7 cm³/mol. The van der Waals surface area contributed by atoms with Crippen LogP contribution in [0.5, 0.6) is 0 Å². The number of hydrogen-bond acceptors (Lipinski definition) is 3. The Bertz CT molecular complexity index is 301. The van der Waals surface area contributed by atoms with Gasteiger partial charge in [0.15, 0.2) is 0 Å². The summed E-state index contributed by atoms with van der Waals surface area (Å²) in [6, 6.07) is 0.667. The SMILES string of the molecule is CC(C)C(CNCc1cnc[nH]1)N1CCCC1. The molecular formula is C13H24N4. The van der Waals surface area contributed by atoms with E-state index in [1.165, 1.54) is 25.9 Å². The van der Waals surface area contributed by atoms with Crippen molar-refractivity contribution in [3.05, 3.63) is 18.2 Å². The van der Waals surface area contributed by atoms with Gasteiger partial charge in [0.1, 0.15) is 0 Å². The Kier molecular flexibility index (Phi) is 4.57. The molecule has 1 fully saturated rings. The zero-order valence-corrected chi connectivity index (χ0v) is 10.9. The molecule has 0 aromatic carbocycles. The molecule has 2 N–H and O–H groups in total. The van der Waals surface area contributed by atoms with Crippen molar-refractivity contribution >= 4 is 0 Å². The van der Waals surface area contributed by atoms with Crippen LogP contribution in [0.1, 0.15) is 32.4 Å². The summed E-state index contributed by atoms with van der Waals surface area (Å²) < 4.78 is 0. The molecule has 0 saturated carbocycles. The lowest BCUT2D eigenvalue weighted by atomic mass is 10.0. The highest BCUT2D eigenvalue weighted by Gasteiger charge is 2.23. The fourth-order valence-electron chi connectivity index (χ4n) is 2.60. The zero-order chi connectivity index (χ0) is 12.1. The number of nitrogens with one attached hydrogen (secondary N) is 2. The van der Waals surface area contributed by atoms with Crippen LogP contribution in [0.25, 0.3) is 0 Å². The molecule has 17 heavy (non-hydrogen) atoms. The van der Waals surface area contributed by atoms with E-state index in [0.29, 0.717) is 12.0 Å². The number of aromatic nitrogens is 2. The fourth-order valence-corrected chi connectivity index (χ4v) is 2.60. The first kappa shape index (κ1) is 12.6. The first-order valence-corrected chi connectivity index (χ1v) is 6.69. The number of imidazole rings is 1. The summed E-state index contributed by atoms with van der Waals surface area (Å²) in [5.74, 6) is 0.711. The minimum absolute atomic E-state index is 0.667. The van der Waals surface area contributed by atoms with Crippen molar-refractivity contribution in [3.63, 3.8) is 0 Å². The molecule has 1 aromatic rings. The van der Waals surface area contributed by atoms with Crippen molar-refractivity contribution in [2.24, 2.45) is 5.92 Å². The van der Waals surface area contributed by atoms with Gasteiger partial charge in [0.2, 0.25) is 0 Å². The highest BCUT2D eigenvalue weighted by Crippen LogP contribution is 2.17. The van der Waals surface area contributed by atoms with Crippen molar-refractivity contribution in [2.45, 2.75) is 39.3 Å². The maximum Gasteiger partial charge on any atom is 0.0922 e. The summed E-state index contributed by atoms with van der Waals surface area (Å²) in [6.07, 6.45) is 6.35. The predicted octanol–water partition coefficient (Wildman–Crippen LogP) is 1.62. The Hall–Kier alpha value is -0.870. The molecular weight excluding hydrogens is 212 g/mol. The molecule has 4 nitrogen and oxygen atoms in total. The van der Waals surface area contributed by atoms with Gasteiger partial charge < -0.3 is 10.3 Å². The molecule has 96 valence electrons. The Morgan fingerprint density at radius 3 is 2.76 bits per heavy atom. The average molecular weight is 236 g/mol. The van der Waals surface area contributed by atoms with Crippen LogP contribution in [0.4, 0.5) is 0 Å². The summed E-state index contributed by atoms with van der Waals surface area (Å²) >= 11 is 0. The lowest BCUT2D eigenvalue weighted by Gasteiger charge is -2.31. The Labute approximate surface area is 104 Å². The van der Waals surface area contributed by atoms with Crippen molar-refractivity contribution < 1.29 is 0 Å². The molecule has 0 bridgehead atoms. The second-order valence-electron chi connectivity index (χ2n) is 5.26. The maximum atomic E-state index is 4.03. The lowest BCUT2D eigenvalue weighted by molar-refractivity contribution is 0.186. The Morgan fingerprint density at radius 1 is 1.41 bits per heavy atom. The zero-order valence-electron chi connectivity index (χ0n) is 10.9. The monoisotopic (exact) mass is 236 g/mol. The van der Waals surface area contributed by atoms with E-state index < -0.39 is 0 Å². The van der Waals surface area contributed by atoms with Gasteiger partial charge in [-0.3, -0.25) is 4.90 Å². The van der Waals surface area contributed by atoms with Gasteiger partial charge in [-0.05, 0) is 31.8 Å². The van der Waals surface area contributed by atoms with Crippen LogP contribution in [0.15, 0.2) is 12.5 Å². The van der Waals surface area contributed by atoms with Crippen molar-refractivity contribution in [2.75, 3.05) is 19.6 Å². The van der Waals surface area contributed by atoms with Gasteiger partial charge in [-0.2, -0.15) is 0 Å². The van der Waals surface area contributed by atoms with Gasteiger partial charge in [-0.1, -0.05) is 13.8 Å². The van der Waals surface area contributed by atoms with Crippen LogP contribution in [-0.4, -0.2) is 40.5 Å². The third kappa shape index (κ3) is 3.54. The molecule has 0 radical (unpaired) electrons. The van der Waals surface area contributed by atoms with Gasteiger partial charge >= 0.3 is 0 Å². The third-order valence-corrected chi connectivity index (χ3v) is 3.60. The van der Waals surface area contributed by atoms with Crippen LogP contribution >= 0.6 is 0 Å². The van der Waals surface area contributed by atoms with E-state index in [9.17, 15) is 0 Å². The van der Waals surface area contributed by atoms with Crippen LogP contribution in [0.3, 0.4) is 0 Å². The molecule has 1 atom stereocenters. The van der Waals surface area contributed by atoms with Crippen LogP contribution in [0.2, 0.25) is 0 Å². The largest absolute Gasteiger partial charge is 0.347 e. The highest BCUT2D eigenvalue weighted by molar-refractivity contribution is 4.93. The standard InChI is InChI=1S/C13H24N4/c1-11(2)13(17-5-3-4-6-17)9-14-7-12-8-15-10-16-12/h8,10-11,13-14H,3-7,9H2,1-2H3,(H,15,16). The molecule has 1 aliphatic rings. The smallest absolute Gasteiger partial charge is 0.0922 e. The van der Waals surface area contributed by atoms with Crippen LogP contribution in [0, 0.1) is 5.92 Å². The molecule has 1 saturated heterocycles. The van der Waals surface area contributed by atoms with E-state index in [2.05, 4.69) is 34.0 Å². The van der Waals surface area contributed by atoms with E-state index >= 15 is 0 Å². The van der Waals surface area contributed by atoms with Gasteiger partial charge in [0, 0.05) is 31.0 Å². The quantitative estimate of drug-likeness (QED) is 0.789. The van der Waals surface area contributed by atoms with Crippen molar-refractivity contribution in [1.82, 2.24) is 20.2 Å². The lowest BCUT2D eigenvalue weighted by Crippen LogP contribution is -2.44. The summed E-state index contributed by atoms with van der Waals surface area (Å²) in [5.41, 5.74) is 1.16. The van der Waals surface area contributed by atoms with E-state index in [0.717, 1.165) is 18.8 Å². The Balaban J connectivity index is 1.77. The third-order valence-electron chi connectivity index (χ3n) is 3.60. The van der Waals surface area contributed by atoms with Crippen molar-refractivity contribution in [3.8, 4) is 0 Å². The molecule has 0 amide bonds. The number of rotatable bonds is 6. The molecule has 2 heterocycles. The second-order valence-corrected chi connectivity index (χ2v) is 5.26. The fraction of sp³-hybridized carbons (Fsp3) is 0.769. The molecule has 0 spiro atoms.